The molecule has 0 aliphatic heterocycles. The minimum atomic E-state index is -0.684. The second-order valence-electron chi connectivity index (χ2n) is 6.73. The molecule has 2 aromatic rings. The normalized spacial score (nSPS) is 18.1. The van der Waals surface area contributed by atoms with Crippen molar-refractivity contribution in [2.45, 2.75) is 39.7 Å². The van der Waals surface area contributed by atoms with Crippen molar-refractivity contribution in [2.75, 3.05) is 4.90 Å². The molecule has 0 radical (unpaired) electrons. The fraction of sp³-hybridized carbons (Fsp3) is 0.412. The topological polar surface area (TPSA) is 81.9 Å². The molecular formula is C17H18FN5OS. The summed E-state index contributed by atoms with van der Waals surface area (Å²) in [5.74, 6) is -0.923. The van der Waals surface area contributed by atoms with Crippen LogP contribution in [0.25, 0.3) is 0 Å². The monoisotopic (exact) mass is 359 g/mol. The SMILES string of the molecule is Cc1sc(N(C#N)c2ccnc(F)c2)nc1C(=O)NC1CCC1(C)C. The summed E-state index contributed by atoms with van der Waals surface area (Å²) >= 11 is 1.22. The average Bonchev–Trinajstić information content (AvgIpc) is 2.94. The fourth-order valence-corrected chi connectivity index (χ4v) is 3.67. The number of aryl methyl sites for hydroxylation is 1. The number of aromatic nitrogens is 2. The van der Waals surface area contributed by atoms with Gasteiger partial charge in [-0.2, -0.15) is 9.65 Å². The number of nitriles is 1. The zero-order valence-electron chi connectivity index (χ0n) is 14.2. The molecule has 25 heavy (non-hydrogen) atoms. The van der Waals surface area contributed by atoms with Gasteiger partial charge in [0.1, 0.15) is 5.69 Å². The van der Waals surface area contributed by atoms with Gasteiger partial charge in [-0.1, -0.05) is 13.8 Å². The minimum Gasteiger partial charge on any atom is -0.347 e. The van der Waals surface area contributed by atoms with E-state index in [0.29, 0.717) is 21.4 Å². The summed E-state index contributed by atoms with van der Waals surface area (Å²) in [6.45, 7) is 6.02. The molecule has 2 heterocycles. The van der Waals surface area contributed by atoms with E-state index in [1.807, 2.05) is 6.19 Å². The summed E-state index contributed by atoms with van der Waals surface area (Å²) < 4.78 is 13.3. The first-order valence-corrected chi connectivity index (χ1v) is 8.73. The van der Waals surface area contributed by atoms with Gasteiger partial charge in [-0.15, -0.1) is 11.3 Å². The van der Waals surface area contributed by atoms with Gasteiger partial charge in [-0.05, 0) is 31.2 Å². The molecule has 1 saturated carbocycles. The van der Waals surface area contributed by atoms with Crippen LogP contribution in [0.5, 0.6) is 0 Å². The number of thiazole rings is 1. The maximum absolute atomic E-state index is 13.3. The lowest BCUT2D eigenvalue weighted by Gasteiger charge is -2.44. The molecule has 1 N–H and O–H groups in total. The van der Waals surface area contributed by atoms with E-state index in [9.17, 15) is 14.4 Å². The number of pyridine rings is 1. The molecule has 2 aromatic heterocycles. The van der Waals surface area contributed by atoms with Crippen LogP contribution in [0.3, 0.4) is 0 Å². The number of carbonyl (C=O) groups excluding carboxylic acids is 1. The molecule has 1 atom stereocenters. The highest BCUT2D eigenvalue weighted by molar-refractivity contribution is 7.16. The number of halogens is 1. The zero-order chi connectivity index (χ0) is 18.2. The predicted octanol–water partition coefficient (Wildman–Crippen LogP) is 3.52. The molecule has 8 heteroatoms. The molecule has 0 aromatic carbocycles. The third-order valence-corrected chi connectivity index (χ3v) is 5.54. The lowest BCUT2D eigenvalue weighted by Crippen LogP contribution is -2.52. The predicted molar refractivity (Wildman–Crippen MR) is 93.1 cm³/mol. The van der Waals surface area contributed by atoms with Crippen molar-refractivity contribution >= 4 is 28.1 Å². The quantitative estimate of drug-likeness (QED) is 0.513. The molecule has 130 valence electrons. The number of nitrogens with zero attached hydrogens (tertiary/aromatic N) is 4. The van der Waals surface area contributed by atoms with Gasteiger partial charge in [0.25, 0.3) is 5.91 Å². The third kappa shape index (κ3) is 3.33. The van der Waals surface area contributed by atoms with E-state index < -0.39 is 5.95 Å². The minimum absolute atomic E-state index is 0.0929. The van der Waals surface area contributed by atoms with Crippen LogP contribution in [0, 0.1) is 29.7 Å². The second kappa shape index (κ2) is 6.41. The maximum atomic E-state index is 13.3. The van der Waals surface area contributed by atoms with Crippen molar-refractivity contribution in [3.05, 3.63) is 34.8 Å². The van der Waals surface area contributed by atoms with E-state index in [0.717, 1.165) is 18.9 Å². The van der Waals surface area contributed by atoms with Crippen molar-refractivity contribution < 1.29 is 9.18 Å². The van der Waals surface area contributed by atoms with Gasteiger partial charge in [-0.3, -0.25) is 4.79 Å². The number of hydrogen-bond acceptors (Lipinski definition) is 6. The molecule has 1 aliphatic rings. The molecule has 3 rings (SSSR count). The summed E-state index contributed by atoms with van der Waals surface area (Å²) in [5.41, 5.74) is 0.712. The van der Waals surface area contributed by atoms with Crippen LogP contribution < -0.4 is 10.2 Å². The summed E-state index contributed by atoms with van der Waals surface area (Å²) in [6.07, 6.45) is 5.28. The van der Waals surface area contributed by atoms with Crippen LogP contribution in [0.2, 0.25) is 0 Å². The van der Waals surface area contributed by atoms with E-state index in [4.69, 9.17) is 0 Å². The van der Waals surface area contributed by atoms with E-state index in [1.165, 1.54) is 28.5 Å². The Hall–Kier alpha value is -2.53. The van der Waals surface area contributed by atoms with Gasteiger partial charge in [0, 0.05) is 23.2 Å². The first-order valence-electron chi connectivity index (χ1n) is 7.91. The smallest absolute Gasteiger partial charge is 0.271 e. The Bertz CT molecular complexity index is 857. The van der Waals surface area contributed by atoms with E-state index in [-0.39, 0.29) is 17.4 Å². The van der Waals surface area contributed by atoms with Crippen molar-refractivity contribution in [1.82, 2.24) is 15.3 Å². The highest BCUT2D eigenvalue weighted by atomic mass is 32.1. The summed E-state index contributed by atoms with van der Waals surface area (Å²) in [7, 11) is 0. The average molecular weight is 359 g/mol. The first-order chi connectivity index (χ1) is 11.8. The Balaban J connectivity index is 1.84. The van der Waals surface area contributed by atoms with Gasteiger partial charge in [0.2, 0.25) is 11.1 Å². The molecular weight excluding hydrogens is 341 g/mol. The van der Waals surface area contributed by atoms with Gasteiger partial charge in [0.05, 0.1) is 5.69 Å². The maximum Gasteiger partial charge on any atom is 0.271 e. The molecule has 0 saturated heterocycles. The lowest BCUT2D eigenvalue weighted by atomic mass is 9.67. The van der Waals surface area contributed by atoms with E-state index in [1.54, 1.807) is 6.92 Å². The van der Waals surface area contributed by atoms with Crippen LogP contribution in [0.4, 0.5) is 15.2 Å². The van der Waals surface area contributed by atoms with Crippen molar-refractivity contribution in [1.29, 1.82) is 5.26 Å². The Morgan fingerprint density at radius 3 is 2.88 bits per heavy atom. The van der Waals surface area contributed by atoms with Crippen LogP contribution in [0.15, 0.2) is 18.3 Å². The zero-order valence-corrected chi connectivity index (χ0v) is 15.0. The van der Waals surface area contributed by atoms with Crippen molar-refractivity contribution in [3.63, 3.8) is 0 Å². The Labute approximate surface area is 149 Å². The molecule has 1 fully saturated rings. The Morgan fingerprint density at radius 1 is 1.56 bits per heavy atom. The van der Waals surface area contributed by atoms with Crippen LogP contribution in [-0.2, 0) is 0 Å². The van der Waals surface area contributed by atoms with Crippen LogP contribution in [0.1, 0.15) is 42.1 Å². The fourth-order valence-electron chi connectivity index (χ4n) is 2.79. The number of carbonyl (C=O) groups is 1. The number of amides is 1. The summed E-state index contributed by atoms with van der Waals surface area (Å²) in [4.78, 5) is 22.2. The highest BCUT2D eigenvalue weighted by Crippen LogP contribution is 2.40. The lowest BCUT2D eigenvalue weighted by molar-refractivity contribution is 0.0728. The standard InChI is InChI=1S/C17H18FN5OS/c1-10-14(15(24)21-12-4-6-17(12,2)3)22-16(25-10)23(9-19)11-5-7-20-13(18)8-11/h5,7-8,12H,4,6H2,1-3H3,(H,21,24). The van der Waals surface area contributed by atoms with Crippen molar-refractivity contribution in [2.24, 2.45) is 5.41 Å². The van der Waals surface area contributed by atoms with E-state index in [2.05, 4.69) is 29.1 Å². The number of anilines is 2. The number of hydrogen-bond donors (Lipinski definition) is 1. The van der Waals surface area contributed by atoms with Crippen LogP contribution in [-0.4, -0.2) is 21.9 Å². The molecule has 0 bridgehead atoms. The molecule has 1 amide bonds. The second-order valence-corrected chi connectivity index (χ2v) is 7.91. The molecule has 1 unspecified atom stereocenters. The highest BCUT2D eigenvalue weighted by Gasteiger charge is 2.39. The summed E-state index contributed by atoms with van der Waals surface area (Å²) in [5, 5.41) is 12.8. The number of rotatable bonds is 4. The summed E-state index contributed by atoms with van der Waals surface area (Å²) in [6, 6.07) is 2.79. The van der Waals surface area contributed by atoms with Gasteiger partial charge in [0.15, 0.2) is 6.19 Å². The largest absolute Gasteiger partial charge is 0.347 e. The molecule has 1 aliphatic carbocycles. The van der Waals surface area contributed by atoms with Gasteiger partial charge < -0.3 is 5.32 Å². The van der Waals surface area contributed by atoms with E-state index >= 15 is 0 Å². The Morgan fingerprint density at radius 2 is 2.32 bits per heavy atom. The third-order valence-electron chi connectivity index (χ3n) is 4.59. The van der Waals surface area contributed by atoms with Gasteiger partial charge >= 0.3 is 0 Å². The molecule has 0 spiro atoms. The van der Waals surface area contributed by atoms with Gasteiger partial charge in [-0.25, -0.2) is 14.9 Å². The Kier molecular flexibility index (Phi) is 4.43. The molecule has 6 nitrogen and oxygen atoms in total. The van der Waals surface area contributed by atoms with Crippen molar-refractivity contribution in [3.8, 4) is 6.19 Å². The first kappa shape index (κ1) is 17.3. The van der Waals surface area contributed by atoms with Crippen LogP contribution >= 0.6 is 11.3 Å². The number of nitrogens with one attached hydrogen (secondary N) is 1.